The third-order valence-electron chi connectivity index (χ3n) is 5.43. The van der Waals surface area contributed by atoms with Crippen LogP contribution in [0.1, 0.15) is 22.3 Å². The Morgan fingerprint density at radius 3 is 2.39 bits per heavy atom. The molecule has 3 aromatic rings. The lowest BCUT2D eigenvalue weighted by atomic mass is 10.1. The fourth-order valence-corrected chi connectivity index (χ4v) is 3.66. The van der Waals surface area contributed by atoms with Crippen LogP contribution in [0.25, 0.3) is 6.08 Å². The molecule has 0 bridgehead atoms. The molecule has 1 fully saturated rings. The van der Waals surface area contributed by atoms with Crippen LogP contribution in [0.15, 0.2) is 73.1 Å². The number of carbonyl (C=O) groups is 1. The number of benzene rings is 2. The maximum absolute atomic E-state index is 12.6. The highest BCUT2D eigenvalue weighted by molar-refractivity contribution is 5.91. The van der Waals surface area contributed by atoms with Gasteiger partial charge in [-0.2, -0.15) is 10.4 Å². The summed E-state index contributed by atoms with van der Waals surface area (Å²) >= 11 is 0. The van der Waals surface area contributed by atoms with E-state index in [1.165, 1.54) is 11.1 Å². The predicted octanol–water partition coefficient (Wildman–Crippen LogP) is 3.16. The Labute approximate surface area is 182 Å². The summed E-state index contributed by atoms with van der Waals surface area (Å²) in [5, 5.41) is 13.3. The van der Waals surface area contributed by atoms with Crippen molar-refractivity contribution in [3.63, 3.8) is 0 Å². The van der Waals surface area contributed by atoms with Crippen molar-refractivity contribution in [3.05, 3.63) is 95.3 Å². The average Bonchev–Trinajstić information content (AvgIpc) is 3.26. The van der Waals surface area contributed by atoms with Crippen molar-refractivity contribution in [2.24, 2.45) is 0 Å². The van der Waals surface area contributed by atoms with Crippen molar-refractivity contribution in [1.82, 2.24) is 19.6 Å². The molecule has 0 unspecified atom stereocenters. The Balaban J connectivity index is 1.25. The van der Waals surface area contributed by atoms with Crippen LogP contribution in [0.2, 0.25) is 0 Å². The predicted molar refractivity (Wildman–Crippen MR) is 120 cm³/mol. The first kappa shape index (κ1) is 20.6. The van der Waals surface area contributed by atoms with Crippen molar-refractivity contribution < 1.29 is 4.79 Å². The molecule has 1 saturated heterocycles. The molecule has 156 valence electrons. The zero-order chi connectivity index (χ0) is 21.5. The van der Waals surface area contributed by atoms with E-state index in [2.05, 4.69) is 28.2 Å². The quantitative estimate of drug-likeness (QED) is 0.585. The maximum Gasteiger partial charge on any atom is 0.246 e. The molecule has 0 radical (unpaired) electrons. The molecule has 31 heavy (non-hydrogen) atoms. The van der Waals surface area contributed by atoms with Crippen molar-refractivity contribution >= 4 is 12.0 Å². The largest absolute Gasteiger partial charge is 0.337 e. The van der Waals surface area contributed by atoms with Crippen molar-refractivity contribution in [2.45, 2.75) is 13.1 Å². The number of nitrogens with zero attached hydrogens (tertiary/aromatic N) is 5. The van der Waals surface area contributed by atoms with Crippen LogP contribution in [-0.2, 0) is 17.9 Å². The monoisotopic (exact) mass is 411 g/mol. The van der Waals surface area contributed by atoms with Gasteiger partial charge in [0.2, 0.25) is 5.91 Å². The summed E-state index contributed by atoms with van der Waals surface area (Å²) in [5.41, 5.74) is 3.97. The Bertz CT molecular complexity index is 1070. The van der Waals surface area contributed by atoms with Gasteiger partial charge in [-0.05, 0) is 29.3 Å². The van der Waals surface area contributed by atoms with Crippen LogP contribution in [0, 0.1) is 11.3 Å². The molecule has 1 amide bonds. The van der Waals surface area contributed by atoms with E-state index in [-0.39, 0.29) is 5.91 Å². The van der Waals surface area contributed by atoms with E-state index in [1.807, 2.05) is 64.3 Å². The van der Waals surface area contributed by atoms with Crippen molar-refractivity contribution in [1.29, 1.82) is 5.26 Å². The van der Waals surface area contributed by atoms with Gasteiger partial charge in [-0.25, -0.2) is 0 Å². The highest BCUT2D eigenvalue weighted by atomic mass is 16.2. The average molecular weight is 412 g/mol. The van der Waals surface area contributed by atoms with Gasteiger partial charge < -0.3 is 4.90 Å². The van der Waals surface area contributed by atoms with Gasteiger partial charge in [0.25, 0.3) is 0 Å². The van der Waals surface area contributed by atoms with Crippen molar-refractivity contribution in [2.75, 3.05) is 26.2 Å². The molecule has 1 aromatic heterocycles. The van der Waals surface area contributed by atoms with E-state index >= 15 is 0 Å². The Hall–Kier alpha value is -3.69. The molecule has 0 spiro atoms. The smallest absolute Gasteiger partial charge is 0.246 e. The zero-order valence-electron chi connectivity index (χ0n) is 17.4. The van der Waals surface area contributed by atoms with Gasteiger partial charge in [0, 0.05) is 50.6 Å². The molecule has 6 nitrogen and oxygen atoms in total. The fourth-order valence-electron chi connectivity index (χ4n) is 3.66. The second-order valence-corrected chi connectivity index (χ2v) is 7.70. The Kier molecular flexibility index (Phi) is 6.56. The minimum absolute atomic E-state index is 0.0360. The van der Waals surface area contributed by atoms with Gasteiger partial charge in [0.05, 0.1) is 24.4 Å². The van der Waals surface area contributed by atoms with E-state index in [4.69, 9.17) is 5.26 Å². The van der Waals surface area contributed by atoms with Crippen LogP contribution < -0.4 is 0 Å². The summed E-state index contributed by atoms with van der Waals surface area (Å²) in [6.45, 7) is 4.66. The molecule has 1 aliphatic rings. The topological polar surface area (TPSA) is 65.2 Å². The lowest BCUT2D eigenvalue weighted by Crippen LogP contribution is -2.47. The van der Waals surface area contributed by atoms with Gasteiger partial charge in [0.1, 0.15) is 0 Å². The second kappa shape index (κ2) is 9.88. The SMILES string of the molecule is N#Cc1ccc(CN2CCN(C(=O)C=Cc3cnn(Cc4ccccc4)c3)CC2)cc1. The molecule has 6 heteroatoms. The number of carbonyl (C=O) groups excluding carboxylic acids is 1. The first-order valence-corrected chi connectivity index (χ1v) is 10.4. The third kappa shape index (κ3) is 5.68. The molecule has 4 rings (SSSR count). The number of rotatable bonds is 6. The summed E-state index contributed by atoms with van der Waals surface area (Å²) < 4.78 is 1.88. The molecular weight excluding hydrogens is 386 g/mol. The van der Waals surface area contributed by atoms with Crippen molar-refractivity contribution in [3.8, 4) is 6.07 Å². The molecule has 2 heterocycles. The molecule has 0 aliphatic carbocycles. The summed E-state index contributed by atoms with van der Waals surface area (Å²) in [6, 6.07) is 20.0. The highest BCUT2D eigenvalue weighted by Crippen LogP contribution is 2.11. The summed E-state index contributed by atoms with van der Waals surface area (Å²) in [7, 11) is 0. The van der Waals surface area contributed by atoms with Gasteiger partial charge in [0.15, 0.2) is 0 Å². The van der Waals surface area contributed by atoms with Gasteiger partial charge in [-0.15, -0.1) is 0 Å². The molecule has 0 saturated carbocycles. The molecular formula is C25H25N5O. The standard InChI is InChI=1S/C25H25N5O/c26-16-21-6-8-23(9-7-21)18-28-12-14-29(15-13-28)25(31)11-10-24-17-27-30(20-24)19-22-4-2-1-3-5-22/h1-11,17,20H,12-15,18-19H2. The van der Waals surface area contributed by atoms with Crippen LogP contribution in [0.5, 0.6) is 0 Å². The number of hydrogen-bond acceptors (Lipinski definition) is 4. The molecule has 0 atom stereocenters. The molecule has 2 aromatic carbocycles. The number of hydrogen-bond donors (Lipinski definition) is 0. The lowest BCUT2D eigenvalue weighted by Gasteiger charge is -2.34. The van der Waals surface area contributed by atoms with Gasteiger partial charge in [-0.3, -0.25) is 14.4 Å². The number of nitriles is 1. The highest BCUT2D eigenvalue weighted by Gasteiger charge is 2.19. The first-order chi connectivity index (χ1) is 15.2. The fraction of sp³-hybridized carbons (Fsp3) is 0.240. The number of amides is 1. The Morgan fingerprint density at radius 1 is 0.968 bits per heavy atom. The molecule has 0 N–H and O–H groups in total. The molecule has 1 aliphatic heterocycles. The van der Waals surface area contributed by atoms with Gasteiger partial charge in [-0.1, -0.05) is 42.5 Å². The zero-order valence-corrected chi connectivity index (χ0v) is 17.4. The summed E-state index contributed by atoms with van der Waals surface area (Å²) in [5.74, 6) is 0.0360. The van der Waals surface area contributed by atoms with E-state index in [0.29, 0.717) is 25.2 Å². The Morgan fingerprint density at radius 2 is 1.68 bits per heavy atom. The number of piperazine rings is 1. The van der Waals surface area contributed by atoms with E-state index in [1.54, 1.807) is 12.3 Å². The summed E-state index contributed by atoms with van der Waals surface area (Å²) in [6.07, 6.45) is 7.20. The van der Waals surface area contributed by atoms with E-state index in [0.717, 1.165) is 25.2 Å². The van der Waals surface area contributed by atoms with Crippen LogP contribution >= 0.6 is 0 Å². The third-order valence-corrected chi connectivity index (χ3v) is 5.43. The van der Waals surface area contributed by atoms with E-state index < -0.39 is 0 Å². The van der Waals surface area contributed by atoms with Gasteiger partial charge >= 0.3 is 0 Å². The number of aromatic nitrogens is 2. The lowest BCUT2D eigenvalue weighted by molar-refractivity contribution is -0.127. The maximum atomic E-state index is 12.6. The minimum Gasteiger partial charge on any atom is -0.337 e. The first-order valence-electron chi connectivity index (χ1n) is 10.4. The van der Waals surface area contributed by atoms with Crippen LogP contribution in [0.3, 0.4) is 0 Å². The van der Waals surface area contributed by atoms with E-state index in [9.17, 15) is 4.79 Å². The van der Waals surface area contributed by atoms with Crippen LogP contribution in [0.4, 0.5) is 0 Å². The summed E-state index contributed by atoms with van der Waals surface area (Å²) in [4.78, 5) is 16.8. The normalized spacial score (nSPS) is 14.6. The van der Waals surface area contributed by atoms with Crippen LogP contribution in [-0.4, -0.2) is 51.7 Å². The minimum atomic E-state index is 0.0360. The second-order valence-electron chi connectivity index (χ2n) is 7.70.